The van der Waals surface area contributed by atoms with Crippen LogP contribution in [0.3, 0.4) is 0 Å². The van der Waals surface area contributed by atoms with E-state index in [1.165, 1.54) is 0 Å². The number of carbonyl (C=O) groups is 1. The van der Waals surface area contributed by atoms with Crippen LogP contribution in [0.5, 0.6) is 0 Å². The van der Waals surface area contributed by atoms with Crippen molar-refractivity contribution in [3.63, 3.8) is 0 Å². The highest BCUT2D eigenvalue weighted by molar-refractivity contribution is 6.33. The third kappa shape index (κ3) is 3.17. The summed E-state index contributed by atoms with van der Waals surface area (Å²) in [5, 5.41) is -0.459. The second-order valence-corrected chi connectivity index (χ2v) is 6.27. The maximum absolute atomic E-state index is 12.0. The second kappa shape index (κ2) is 5.92. The van der Waals surface area contributed by atoms with Gasteiger partial charge in [0.2, 0.25) is 0 Å². The van der Waals surface area contributed by atoms with Gasteiger partial charge < -0.3 is 4.57 Å². The summed E-state index contributed by atoms with van der Waals surface area (Å²) < 4.78 is 2.26. The fourth-order valence-corrected chi connectivity index (χ4v) is 2.82. The second-order valence-electron chi connectivity index (χ2n) is 5.61. The lowest BCUT2D eigenvalue weighted by Gasteiger charge is -2.20. The van der Waals surface area contributed by atoms with Gasteiger partial charge in [-0.05, 0) is 46.1 Å². The third-order valence-electron chi connectivity index (χ3n) is 3.36. The first-order valence-corrected chi connectivity index (χ1v) is 7.06. The molecule has 2 atom stereocenters. The summed E-state index contributed by atoms with van der Waals surface area (Å²) >= 11 is 5.90. The Morgan fingerprint density at radius 2 is 1.83 bits per heavy atom. The number of hydrogen-bond donors (Lipinski definition) is 0. The number of rotatable bonds is 5. The van der Waals surface area contributed by atoms with Crippen molar-refractivity contribution in [1.29, 1.82) is 0 Å². The molecule has 0 aliphatic heterocycles. The van der Waals surface area contributed by atoms with Gasteiger partial charge in [0.1, 0.15) is 0 Å². The fourth-order valence-electron chi connectivity index (χ4n) is 2.71. The number of carbonyl (C=O) groups excluding carboxylic acids is 1. The van der Waals surface area contributed by atoms with Crippen molar-refractivity contribution < 1.29 is 4.79 Å². The van der Waals surface area contributed by atoms with Crippen molar-refractivity contribution in [3.05, 3.63) is 23.0 Å². The van der Waals surface area contributed by atoms with E-state index in [0.717, 1.165) is 23.4 Å². The first-order chi connectivity index (χ1) is 8.25. The molecule has 0 aliphatic carbocycles. The van der Waals surface area contributed by atoms with E-state index in [2.05, 4.69) is 32.3 Å². The Morgan fingerprint density at radius 1 is 1.28 bits per heavy atom. The monoisotopic (exact) mass is 269 g/mol. The van der Waals surface area contributed by atoms with Crippen molar-refractivity contribution in [2.75, 3.05) is 0 Å². The minimum Gasteiger partial charge on any atom is -0.346 e. The number of ketones is 1. The van der Waals surface area contributed by atoms with Gasteiger partial charge in [-0.15, -0.1) is 11.6 Å². The minimum absolute atomic E-state index is 0.0211. The molecule has 0 radical (unpaired) electrons. The lowest BCUT2D eigenvalue weighted by atomic mass is 10.0. The number of aromatic nitrogens is 1. The zero-order chi connectivity index (χ0) is 14.0. The van der Waals surface area contributed by atoms with E-state index in [1.54, 1.807) is 6.92 Å². The molecule has 0 fully saturated rings. The normalized spacial score (nSPS) is 14.9. The van der Waals surface area contributed by atoms with Gasteiger partial charge in [0.05, 0.1) is 5.38 Å². The lowest BCUT2D eigenvalue weighted by molar-refractivity contribution is 0.0991. The quantitative estimate of drug-likeness (QED) is 0.569. The van der Waals surface area contributed by atoms with E-state index in [9.17, 15) is 4.79 Å². The number of hydrogen-bond acceptors (Lipinski definition) is 1. The van der Waals surface area contributed by atoms with Gasteiger partial charge in [-0.25, -0.2) is 0 Å². The van der Waals surface area contributed by atoms with E-state index in [4.69, 9.17) is 11.6 Å². The van der Waals surface area contributed by atoms with E-state index >= 15 is 0 Å². The molecule has 18 heavy (non-hydrogen) atoms. The van der Waals surface area contributed by atoms with Gasteiger partial charge >= 0.3 is 0 Å². The number of halogens is 1. The summed E-state index contributed by atoms with van der Waals surface area (Å²) in [5.74, 6) is 0.667. The highest BCUT2D eigenvalue weighted by Crippen LogP contribution is 2.26. The van der Waals surface area contributed by atoms with Gasteiger partial charge in [-0.3, -0.25) is 4.79 Å². The van der Waals surface area contributed by atoms with Crippen LogP contribution in [0.25, 0.3) is 0 Å². The minimum atomic E-state index is -0.459. The topological polar surface area (TPSA) is 22.0 Å². The van der Waals surface area contributed by atoms with Gasteiger partial charge in [-0.1, -0.05) is 13.8 Å². The van der Waals surface area contributed by atoms with Crippen LogP contribution < -0.4 is 0 Å². The Kier molecular flexibility index (Phi) is 5.03. The summed E-state index contributed by atoms with van der Waals surface area (Å²) in [7, 11) is 0. The van der Waals surface area contributed by atoms with Crippen LogP contribution in [-0.4, -0.2) is 15.7 Å². The first kappa shape index (κ1) is 15.3. The Morgan fingerprint density at radius 3 is 2.28 bits per heavy atom. The highest BCUT2D eigenvalue weighted by atomic mass is 35.5. The van der Waals surface area contributed by atoms with Crippen LogP contribution in [0, 0.1) is 19.8 Å². The third-order valence-corrected chi connectivity index (χ3v) is 3.56. The smallest absolute Gasteiger partial charge is 0.182 e. The number of alkyl halides is 1. The Labute approximate surface area is 115 Å². The lowest BCUT2D eigenvalue weighted by Crippen LogP contribution is -2.14. The van der Waals surface area contributed by atoms with Crippen molar-refractivity contribution in [2.24, 2.45) is 5.92 Å². The molecule has 2 nitrogen and oxygen atoms in total. The molecule has 0 aromatic carbocycles. The first-order valence-electron chi connectivity index (χ1n) is 6.62. The predicted octanol–water partition coefficient (Wildman–Crippen LogP) is 4.52. The molecule has 0 saturated carbocycles. The Balaban J connectivity index is 3.12. The van der Waals surface area contributed by atoms with E-state index < -0.39 is 5.38 Å². The fraction of sp³-hybridized carbons (Fsp3) is 0.667. The molecule has 3 heteroatoms. The van der Waals surface area contributed by atoms with Crippen LogP contribution in [0.15, 0.2) is 6.07 Å². The van der Waals surface area contributed by atoms with Crippen LogP contribution in [0.1, 0.15) is 61.9 Å². The van der Waals surface area contributed by atoms with Crippen molar-refractivity contribution in [1.82, 2.24) is 4.57 Å². The largest absolute Gasteiger partial charge is 0.346 e. The molecule has 1 rings (SSSR count). The predicted molar refractivity (Wildman–Crippen MR) is 77.7 cm³/mol. The summed E-state index contributed by atoms with van der Waals surface area (Å²) in [6.07, 6.45) is 1.11. The van der Waals surface area contributed by atoms with E-state index in [1.807, 2.05) is 13.0 Å². The molecule has 0 N–H and O–H groups in total. The zero-order valence-corrected chi connectivity index (χ0v) is 13.0. The number of aryl methyl sites for hydroxylation is 1. The summed E-state index contributed by atoms with van der Waals surface area (Å²) in [6.45, 7) is 12.4. The molecule has 0 bridgehead atoms. The van der Waals surface area contributed by atoms with Gasteiger partial charge in [-0.2, -0.15) is 0 Å². The molecule has 1 aromatic heterocycles. The summed E-state index contributed by atoms with van der Waals surface area (Å²) in [6, 6.07) is 2.38. The van der Waals surface area contributed by atoms with Crippen LogP contribution in [0.4, 0.5) is 0 Å². The van der Waals surface area contributed by atoms with E-state index in [0.29, 0.717) is 12.0 Å². The van der Waals surface area contributed by atoms with E-state index in [-0.39, 0.29) is 5.78 Å². The molecule has 0 saturated heterocycles. The van der Waals surface area contributed by atoms with Crippen LogP contribution in [-0.2, 0) is 0 Å². The molecule has 1 heterocycles. The summed E-state index contributed by atoms with van der Waals surface area (Å²) in [4.78, 5) is 12.0. The maximum atomic E-state index is 12.0. The average Bonchev–Trinajstić information content (AvgIpc) is 2.51. The molecular formula is C15H24ClNO. The maximum Gasteiger partial charge on any atom is 0.182 e. The van der Waals surface area contributed by atoms with Gasteiger partial charge in [0.15, 0.2) is 5.78 Å². The van der Waals surface area contributed by atoms with Crippen LogP contribution >= 0.6 is 11.6 Å². The average molecular weight is 270 g/mol. The molecule has 102 valence electrons. The molecule has 0 amide bonds. The van der Waals surface area contributed by atoms with Gasteiger partial charge in [0, 0.05) is 23.0 Å². The van der Waals surface area contributed by atoms with Crippen LogP contribution in [0.2, 0.25) is 0 Å². The number of Topliss-reactive ketones (excluding diaryl/α,β-unsaturated/α-hetero) is 1. The molecule has 2 unspecified atom stereocenters. The van der Waals surface area contributed by atoms with Crippen molar-refractivity contribution >= 4 is 17.4 Å². The molecule has 1 aromatic rings. The molecular weight excluding hydrogens is 246 g/mol. The molecule has 0 spiro atoms. The summed E-state index contributed by atoms with van der Waals surface area (Å²) in [5.41, 5.74) is 2.95. The SMILES string of the molecule is Cc1cc(C(=O)C(C)Cl)c(C)n1C(C)CC(C)C. The Hall–Kier alpha value is -0.760. The Bertz CT molecular complexity index is 432. The zero-order valence-electron chi connectivity index (χ0n) is 12.2. The standard InChI is InChI=1S/C15H24ClNO/c1-9(2)7-10(3)17-11(4)8-14(13(17)6)15(18)12(5)16/h8-10,12H,7H2,1-6H3. The molecule has 0 aliphatic rings. The van der Waals surface area contributed by atoms with Crippen molar-refractivity contribution in [2.45, 2.75) is 59.4 Å². The van der Waals surface area contributed by atoms with Crippen molar-refractivity contribution in [3.8, 4) is 0 Å². The van der Waals surface area contributed by atoms with Gasteiger partial charge in [0.25, 0.3) is 0 Å². The highest BCUT2D eigenvalue weighted by Gasteiger charge is 2.21. The number of nitrogens with zero attached hydrogens (tertiary/aromatic N) is 1.